The molecule has 0 atom stereocenters. The summed E-state index contributed by atoms with van der Waals surface area (Å²) in [6.45, 7) is 10.2. The van der Waals surface area contributed by atoms with Gasteiger partial charge in [-0.3, -0.25) is 0 Å². The Balaban J connectivity index is 0.000000721. The van der Waals surface area contributed by atoms with E-state index >= 15 is 0 Å². The number of hydrogen-bond acceptors (Lipinski definition) is 6. The number of rotatable bonds is 5. The van der Waals surface area contributed by atoms with Crippen LogP contribution in [0.15, 0.2) is 35.5 Å². The number of nitrogen functional groups attached to an aromatic ring is 1. The molecule has 0 aliphatic carbocycles. The highest BCUT2D eigenvalue weighted by molar-refractivity contribution is 7.90. The summed E-state index contributed by atoms with van der Waals surface area (Å²) >= 11 is 7.06. The lowest BCUT2D eigenvalue weighted by molar-refractivity contribution is 0.601. The molecule has 0 aliphatic rings. The molecular formula is C20H30Cl2N4O2S2Si. The second-order valence-electron chi connectivity index (χ2n) is 7.95. The molecule has 6 nitrogen and oxygen atoms in total. The van der Waals surface area contributed by atoms with E-state index in [1.165, 1.54) is 17.6 Å². The van der Waals surface area contributed by atoms with Crippen molar-refractivity contribution in [3.63, 3.8) is 0 Å². The lowest BCUT2D eigenvalue weighted by atomic mass is 10.1. The Hall–Kier alpha value is -1.39. The van der Waals surface area contributed by atoms with Gasteiger partial charge in [0.15, 0.2) is 15.0 Å². The summed E-state index contributed by atoms with van der Waals surface area (Å²) in [6, 6.07) is 5.32. The number of thiazole rings is 1. The zero-order chi connectivity index (χ0) is 22.7. The van der Waals surface area contributed by atoms with Crippen LogP contribution in [0.5, 0.6) is 0 Å². The highest BCUT2D eigenvalue weighted by Gasteiger charge is 2.19. The molecule has 2 aromatic heterocycles. The zero-order valence-electron chi connectivity index (χ0n) is 18.6. The fraction of sp³-hybridized carbons (Fsp3) is 0.400. The minimum Gasteiger partial charge on any atom is -0.375 e. The van der Waals surface area contributed by atoms with E-state index in [1.807, 2.05) is 17.6 Å². The maximum absolute atomic E-state index is 12.3. The van der Waals surface area contributed by atoms with Crippen LogP contribution in [0, 0.1) is 6.92 Å². The van der Waals surface area contributed by atoms with Crippen LogP contribution in [0.4, 0.5) is 5.13 Å². The van der Waals surface area contributed by atoms with Crippen LogP contribution in [0.3, 0.4) is 0 Å². The molecule has 0 unspecified atom stereocenters. The van der Waals surface area contributed by atoms with Crippen LogP contribution in [0.2, 0.25) is 19.6 Å². The van der Waals surface area contributed by atoms with Crippen molar-refractivity contribution in [3.8, 4) is 16.1 Å². The SMILES string of the molecule is CCCc1nccn1-c1cc(-c2sc(N)nc2C)ccc1S(C)(=O)=O.C[Si](C)(C)Cl.Cl. The van der Waals surface area contributed by atoms with E-state index in [0.29, 0.717) is 10.8 Å². The first-order chi connectivity index (χ1) is 13.8. The van der Waals surface area contributed by atoms with E-state index in [-0.39, 0.29) is 17.3 Å². The first-order valence-electron chi connectivity index (χ1n) is 9.60. The number of benzene rings is 1. The summed E-state index contributed by atoms with van der Waals surface area (Å²) in [5.41, 5.74) is 8.14. The van der Waals surface area contributed by atoms with Crippen LogP contribution in [-0.4, -0.2) is 36.6 Å². The molecular weight excluding hydrogens is 491 g/mol. The smallest absolute Gasteiger partial charge is 0.180 e. The predicted octanol–water partition coefficient (Wildman–Crippen LogP) is 5.72. The number of nitrogens with zero attached hydrogens (tertiary/aromatic N) is 3. The van der Waals surface area contributed by atoms with Crippen LogP contribution in [0.25, 0.3) is 16.1 Å². The average Bonchev–Trinajstić information content (AvgIpc) is 3.18. The molecule has 2 N–H and O–H groups in total. The summed E-state index contributed by atoms with van der Waals surface area (Å²) in [6.07, 6.45) is 6.41. The molecule has 0 fully saturated rings. The number of aryl methyl sites for hydroxylation is 2. The third kappa shape index (κ3) is 7.91. The molecule has 0 saturated carbocycles. The first-order valence-corrected chi connectivity index (χ1v) is 16.8. The maximum Gasteiger partial charge on any atom is 0.180 e. The summed E-state index contributed by atoms with van der Waals surface area (Å²) in [7, 11) is -4.52. The number of aromatic nitrogens is 3. The zero-order valence-corrected chi connectivity index (χ0v) is 22.8. The Morgan fingerprint density at radius 2 is 1.87 bits per heavy atom. The molecule has 172 valence electrons. The normalized spacial score (nSPS) is 11.5. The molecule has 0 bridgehead atoms. The number of halogens is 2. The minimum atomic E-state index is -3.38. The van der Waals surface area contributed by atoms with Gasteiger partial charge < -0.3 is 10.3 Å². The monoisotopic (exact) mass is 520 g/mol. The lowest BCUT2D eigenvalue weighted by Gasteiger charge is -2.13. The van der Waals surface area contributed by atoms with Crippen LogP contribution < -0.4 is 5.73 Å². The molecule has 0 amide bonds. The third-order valence-corrected chi connectivity index (χ3v) is 6.06. The van der Waals surface area contributed by atoms with Gasteiger partial charge in [0.25, 0.3) is 0 Å². The number of imidazole rings is 1. The number of hydrogen-bond donors (Lipinski definition) is 1. The van der Waals surface area contributed by atoms with Gasteiger partial charge in [-0.15, -0.1) is 12.4 Å². The molecule has 0 saturated heterocycles. The van der Waals surface area contributed by atoms with Crippen molar-refractivity contribution >= 4 is 57.2 Å². The van der Waals surface area contributed by atoms with Gasteiger partial charge in [-0.25, -0.2) is 18.4 Å². The Bertz CT molecular complexity index is 1120. The van der Waals surface area contributed by atoms with E-state index in [9.17, 15) is 8.42 Å². The fourth-order valence-corrected chi connectivity index (χ4v) is 4.49. The molecule has 3 rings (SSSR count). The number of sulfone groups is 1. The largest absolute Gasteiger partial charge is 0.375 e. The van der Waals surface area contributed by atoms with E-state index in [4.69, 9.17) is 16.8 Å². The Morgan fingerprint density at radius 3 is 2.35 bits per heavy atom. The Morgan fingerprint density at radius 1 is 1.26 bits per heavy atom. The molecule has 2 heterocycles. The maximum atomic E-state index is 12.3. The van der Waals surface area contributed by atoms with Gasteiger partial charge in [-0.2, -0.15) is 11.1 Å². The quantitative estimate of drug-likeness (QED) is 0.342. The average molecular weight is 522 g/mol. The highest BCUT2D eigenvalue weighted by atomic mass is 35.6. The van der Waals surface area contributed by atoms with Crippen LogP contribution in [0.1, 0.15) is 24.9 Å². The number of nitrogens with two attached hydrogens (primary N) is 1. The van der Waals surface area contributed by atoms with E-state index in [2.05, 4.69) is 36.5 Å². The fourth-order valence-electron chi connectivity index (χ4n) is 2.81. The predicted molar refractivity (Wildman–Crippen MR) is 137 cm³/mol. The van der Waals surface area contributed by atoms with Crippen molar-refractivity contribution < 1.29 is 8.42 Å². The van der Waals surface area contributed by atoms with Crippen molar-refractivity contribution in [2.24, 2.45) is 0 Å². The van der Waals surface area contributed by atoms with Gasteiger partial charge in [0.2, 0.25) is 0 Å². The minimum absolute atomic E-state index is 0. The van der Waals surface area contributed by atoms with Gasteiger partial charge in [0.05, 0.1) is 21.2 Å². The summed E-state index contributed by atoms with van der Waals surface area (Å²) < 4.78 is 26.4. The van der Waals surface area contributed by atoms with Crippen molar-refractivity contribution in [3.05, 3.63) is 42.1 Å². The third-order valence-electron chi connectivity index (χ3n) is 3.88. The van der Waals surface area contributed by atoms with Gasteiger partial charge in [-0.1, -0.05) is 44.0 Å². The summed E-state index contributed by atoms with van der Waals surface area (Å²) in [5, 5.41) is 0.496. The van der Waals surface area contributed by atoms with E-state index in [0.717, 1.165) is 34.8 Å². The van der Waals surface area contributed by atoms with Gasteiger partial charge in [0.1, 0.15) is 13.2 Å². The molecule has 0 spiro atoms. The van der Waals surface area contributed by atoms with Gasteiger partial charge in [0, 0.05) is 25.1 Å². The van der Waals surface area contributed by atoms with Gasteiger partial charge >= 0.3 is 0 Å². The first kappa shape index (κ1) is 27.6. The van der Waals surface area contributed by atoms with Gasteiger partial charge in [-0.05, 0) is 31.0 Å². The van der Waals surface area contributed by atoms with Crippen molar-refractivity contribution in [1.29, 1.82) is 0 Å². The van der Waals surface area contributed by atoms with E-state index in [1.54, 1.807) is 24.5 Å². The molecule has 1 aromatic carbocycles. The Labute approximate surface area is 200 Å². The van der Waals surface area contributed by atoms with Crippen LogP contribution in [-0.2, 0) is 16.3 Å². The van der Waals surface area contributed by atoms with Crippen molar-refractivity contribution in [2.45, 2.75) is 51.2 Å². The van der Waals surface area contributed by atoms with Crippen molar-refractivity contribution in [2.75, 3.05) is 12.0 Å². The molecule has 3 aromatic rings. The number of anilines is 1. The summed E-state index contributed by atoms with van der Waals surface area (Å²) in [4.78, 5) is 9.84. The molecule has 0 aliphatic heterocycles. The Kier molecular flexibility index (Phi) is 9.77. The highest BCUT2D eigenvalue weighted by Crippen LogP contribution is 2.34. The second-order valence-corrected chi connectivity index (χ2v) is 18.5. The molecule has 0 radical (unpaired) electrons. The lowest BCUT2D eigenvalue weighted by Crippen LogP contribution is -2.08. The molecule has 31 heavy (non-hydrogen) atoms. The summed E-state index contributed by atoms with van der Waals surface area (Å²) in [5.74, 6) is 0.838. The standard InChI is InChI=1S/C17H20N4O2S2.C3H9ClSi.ClH/c1-4-5-15-19-8-9-21(15)13-10-12(6-7-14(13)25(3,22)23)16-11(2)20-17(18)24-16;1-5(2,3)4;/h6-10H,4-5H2,1-3H3,(H2,18,20);1-3H3;1H. The van der Waals surface area contributed by atoms with Crippen molar-refractivity contribution in [1.82, 2.24) is 14.5 Å². The van der Waals surface area contributed by atoms with Crippen LogP contribution >= 0.6 is 34.8 Å². The van der Waals surface area contributed by atoms with E-state index < -0.39 is 17.2 Å². The topological polar surface area (TPSA) is 90.9 Å². The molecule has 11 heteroatoms. The second kappa shape index (κ2) is 11.0.